The predicted octanol–water partition coefficient (Wildman–Crippen LogP) is 3.31. The highest BCUT2D eigenvalue weighted by molar-refractivity contribution is 5.52. The summed E-state index contributed by atoms with van der Waals surface area (Å²) in [5.41, 5.74) is 9.82. The minimum Gasteiger partial charge on any atom is -0.370 e. The third-order valence-electron chi connectivity index (χ3n) is 3.94. The second-order valence-corrected chi connectivity index (χ2v) is 5.39. The summed E-state index contributed by atoms with van der Waals surface area (Å²) in [6, 6.07) is 19.5. The fourth-order valence-electron chi connectivity index (χ4n) is 2.61. The molecule has 2 N–H and O–H groups in total. The summed E-state index contributed by atoms with van der Waals surface area (Å²) in [7, 11) is 0. The van der Waals surface area contributed by atoms with E-state index in [4.69, 9.17) is 5.73 Å². The van der Waals surface area contributed by atoms with E-state index in [1.165, 1.54) is 16.8 Å². The maximum absolute atomic E-state index is 5.87. The minimum absolute atomic E-state index is 0.113. The van der Waals surface area contributed by atoms with Gasteiger partial charge in [-0.25, -0.2) is 0 Å². The summed E-state index contributed by atoms with van der Waals surface area (Å²) in [6.45, 7) is 4.24. The van der Waals surface area contributed by atoms with Crippen LogP contribution in [0.5, 0.6) is 0 Å². The number of hydrogen-bond donors (Lipinski definition) is 1. The first-order valence-corrected chi connectivity index (χ1v) is 6.89. The van der Waals surface area contributed by atoms with E-state index in [2.05, 4.69) is 59.5 Å². The SMILES string of the molecule is CC(N)c1ccc(N2CC(c3ccccc3)C2)cc1. The molecule has 0 radical (unpaired) electrons. The van der Waals surface area contributed by atoms with Crippen molar-refractivity contribution in [1.82, 2.24) is 0 Å². The molecule has 0 aromatic heterocycles. The number of nitrogens with two attached hydrogens (primary N) is 1. The van der Waals surface area contributed by atoms with Gasteiger partial charge in [0.2, 0.25) is 0 Å². The average Bonchev–Trinajstić information content (AvgIpc) is 2.39. The van der Waals surface area contributed by atoms with Crippen molar-refractivity contribution in [2.24, 2.45) is 5.73 Å². The van der Waals surface area contributed by atoms with Crippen LogP contribution in [-0.4, -0.2) is 13.1 Å². The van der Waals surface area contributed by atoms with Gasteiger partial charge in [0.15, 0.2) is 0 Å². The molecule has 1 fully saturated rings. The highest BCUT2D eigenvalue weighted by Gasteiger charge is 2.27. The Balaban J connectivity index is 1.64. The molecule has 0 saturated carbocycles. The number of benzene rings is 2. The van der Waals surface area contributed by atoms with Crippen LogP contribution in [0.2, 0.25) is 0 Å². The summed E-state index contributed by atoms with van der Waals surface area (Å²) in [6.07, 6.45) is 0. The van der Waals surface area contributed by atoms with Gasteiger partial charge < -0.3 is 10.6 Å². The number of rotatable bonds is 3. The molecule has 3 rings (SSSR count). The van der Waals surface area contributed by atoms with E-state index >= 15 is 0 Å². The van der Waals surface area contributed by atoms with Crippen LogP contribution in [0.4, 0.5) is 5.69 Å². The van der Waals surface area contributed by atoms with E-state index in [-0.39, 0.29) is 6.04 Å². The molecule has 2 nitrogen and oxygen atoms in total. The standard InChI is InChI=1S/C17H20N2/c1-13(18)14-7-9-17(10-8-14)19-11-16(12-19)15-5-3-2-4-6-15/h2-10,13,16H,11-12,18H2,1H3. The van der Waals surface area contributed by atoms with E-state index in [0.29, 0.717) is 5.92 Å². The third kappa shape index (κ3) is 2.49. The predicted molar refractivity (Wildman–Crippen MR) is 80.4 cm³/mol. The van der Waals surface area contributed by atoms with Crippen molar-refractivity contribution in [3.63, 3.8) is 0 Å². The minimum atomic E-state index is 0.113. The summed E-state index contributed by atoms with van der Waals surface area (Å²) in [4.78, 5) is 2.42. The quantitative estimate of drug-likeness (QED) is 0.908. The number of nitrogens with zero attached hydrogens (tertiary/aromatic N) is 1. The summed E-state index contributed by atoms with van der Waals surface area (Å²) in [5.74, 6) is 0.675. The van der Waals surface area contributed by atoms with Gasteiger partial charge in [-0.3, -0.25) is 0 Å². The number of anilines is 1. The van der Waals surface area contributed by atoms with Gasteiger partial charge in [0, 0.05) is 30.7 Å². The molecule has 19 heavy (non-hydrogen) atoms. The fourth-order valence-corrected chi connectivity index (χ4v) is 2.61. The Bertz CT molecular complexity index is 525. The van der Waals surface area contributed by atoms with Crippen LogP contribution in [0.15, 0.2) is 54.6 Å². The van der Waals surface area contributed by atoms with Gasteiger partial charge in [-0.1, -0.05) is 42.5 Å². The first-order chi connectivity index (χ1) is 9.24. The van der Waals surface area contributed by atoms with E-state index in [9.17, 15) is 0 Å². The number of hydrogen-bond acceptors (Lipinski definition) is 2. The van der Waals surface area contributed by atoms with Crippen LogP contribution >= 0.6 is 0 Å². The van der Waals surface area contributed by atoms with Gasteiger partial charge in [0.1, 0.15) is 0 Å². The van der Waals surface area contributed by atoms with Crippen molar-refractivity contribution in [2.75, 3.05) is 18.0 Å². The smallest absolute Gasteiger partial charge is 0.0366 e. The molecular formula is C17H20N2. The van der Waals surface area contributed by atoms with Gasteiger partial charge in [0.25, 0.3) is 0 Å². The Hall–Kier alpha value is -1.80. The lowest BCUT2D eigenvalue weighted by Crippen LogP contribution is -2.45. The Morgan fingerprint density at radius 3 is 2.21 bits per heavy atom. The van der Waals surface area contributed by atoms with Gasteiger partial charge in [-0.15, -0.1) is 0 Å². The van der Waals surface area contributed by atoms with Crippen molar-refractivity contribution in [3.05, 3.63) is 65.7 Å². The first-order valence-electron chi connectivity index (χ1n) is 6.89. The second-order valence-electron chi connectivity index (χ2n) is 5.39. The third-order valence-corrected chi connectivity index (χ3v) is 3.94. The largest absolute Gasteiger partial charge is 0.370 e. The molecule has 1 saturated heterocycles. The van der Waals surface area contributed by atoms with Gasteiger partial charge in [-0.05, 0) is 30.2 Å². The van der Waals surface area contributed by atoms with E-state index < -0.39 is 0 Å². The molecule has 1 heterocycles. The Morgan fingerprint density at radius 2 is 1.63 bits per heavy atom. The molecule has 1 unspecified atom stereocenters. The molecule has 1 atom stereocenters. The lowest BCUT2D eigenvalue weighted by molar-refractivity contribution is 0.525. The van der Waals surface area contributed by atoms with Gasteiger partial charge >= 0.3 is 0 Å². The fraction of sp³-hybridized carbons (Fsp3) is 0.294. The van der Waals surface area contributed by atoms with Crippen molar-refractivity contribution >= 4 is 5.69 Å². The molecule has 2 heteroatoms. The molecule has 1 aliphatic rings. The lowest BCUT2D eigenvalue weighted by Gasteiger charge is -2.41. The van der Waals surface area contributed by atoms with Crippen molar-refractivity contribution in [3.8, 4) is 0 Å². The normalized spacial score (nSPS) is 17.1. The van der Waals surface area contributed by atoms with Crippen LogP contribution < -0.4 is 10.6 Å². The molecule has 2 aromatic rings. The van der Waals surface area contributed by atoms with E-state index in [1.54, 1.807) is 0 Å². The summed E-state index contributed by atoms with van der Waals surface area (Å²) < 4.78 is 0. The average molecular weight is 252 g/mol. The Kier molecular flexibility index (Phi) is 3.26. The van der Waals surface area contributed by atoms with Crippen molar-refractivity contribution in [2.45, 2.75) is 18.9 Å². The van der Waals surface area contributed by atoms with Crippen LogP contribution in [0.25, 0.3) is 0 Å². The molecule has 98 valence electrons. The van der Waals surface area contributed by atoms with Crippen LogP contribution in [0.1, 0.15) is 30.0 Å². The van der Waals surface area contributed by atoms with E-state index in [1.807, 2.05) is 6.92 Å². The Labute approximate surface area is 114 Å². The summed E-state index contributed by atoms with van der Waals surface area (Å²) >= 11 is 0. The lowest BCUT2D eigenvalue weighted by atomic mass is 9.91. The van der Waals surface area contributed by atoms with Crippen LogP contribution in [0.3, 0.4) is 0 Å². The molecular weight excluding hydrogens is 232 g/mol. The molecule has 0 bridgehead atoms. The van der Waals surface area contributed by atoms with Gasteiger partial charge in [-0.2, -0.15) is 0 Å². The van der Waals surface area contributed by atoms with Crippen molar-refractivity contribution < 1.29 is 0 Å². The maximum atomic E-state index is 5.87. The molecule has 0 spiro atoms. The zero-order valence-corrected chi connectivity index (χ0v) is 11.3. The zero-order valence-electron chi connectivity index (χ0n) is 11.3. The Morgan fingerprint density at radius 1 is 1.00 bits per heavy atom. The molecule has 0 amide bonds. The first kappa shape index (κ1) is 12.2. The maximum Gasteiger partial charge on any atom is 0.0366 e. The van der Waals surface area contributed by atoms with Crippen LogP contribution in [0, 0.1) is 0 Å². The van der Waals surface area contributed by atoms with Gasteiger partial charge in [0.05, 0.1) is 0 Å². The monoisotopic (exact) mass is 252 g/mol. The molecule has 1 aliphatic heterocycles. The summed E-state index contributed by atoms with van der Waals surface area (Å²) in [5, 5.41) is 0. The van der Waals surface area contributed by atoms with Crippen LogP contribution in [-0.2, 0) is 0 Å². The zero-order chi connectivity index (χ0) is 13.2. The second kappa shape index (κ2) is 5.06. The highest BCUT2D eigenvalue weighted by atomic mass is 15.2. The van der Waals surface area contributed by atoms with Crippen molar-refractivity contribution in [1.29, 1.82) is 0 Å². The van der Waals surface area contributed by atoms with E-state index in [0.717, 1.165) is 13.1 Å². The highest BCUT2D eigenvalue weighted by Crippen LogP contribution is 2.31. The molecule has 2 aromatic carbocycles. The molecule has 0 aliphatic carbocycles. The topological polar surface area (TPSA) is 29.3 Å².